The molecule has 0 aromatic heterocycles. The van der Waals surface area contributed by atoms with Gasteiger partial charge in [-0.05, 0) is 24.5 Å². The molecule has 0 saturated heterocycles. The first-order valence-corrected chi connectivity index (χ1v) is 8.59. The van der Waals surface area contributed by atoms with E-state index in [1.165, 1.54) is 18.6 Å². The Balaban J connectivity index is 3.45. The molecule has 0 spiro atoms. The molecule has 0 heterocycles. The van der Waals surface area contributed by atoms with Crippen LogP contribution in [0.2, 0.25) is 5.02 Å². The Bertz CT molecular complexity index is 731. The topological polar surface area (TPSA) is 55.4 Å². The van der Waals surface area contributed by atoms with Crippen molar-refractivity contribution >= 4 is 21.6 Å². The van der Waals surface area contributed by atoms with E-state index in [0.29, 0.717) is 6.92 Å². The van der Waals surface area contributed by atoms with Gasteiger partial charge in [-0.15, -0.1) is 13.2 Å². The standard InChI is InChI=1S/C13H14ClF6NO3S/c1-6(2)8-4-5-9(10(14)11(8)24-13(18,19)20)25(22,23)21-7(3)12(15,16)17/h4-7,21H,1-3H3/t7-/m0/s1. The molecule has 0 aliphatic rings. The van der Waals surface area contributed by atoms with Gasteiger partial charge in [0.15, 0.2) is 5.75 Å². The van der Waals surface area contributed by atoms with E-state index in [-0.39, 0.29) is 5.56 Å². The molecule has 0 saturated carbocycles. The number of sulfonamides is 1. The number of hydrogen-bond acceptors (Lipinski definition) is 3. The zero-order valence-electron chi connectivity index (χ0n) is 13.1. The molecule has 1 rings (SSSR count). The molecule has 1 aromatic carbocycles. The van der Waals surface area contributed by atoms with Crippen LogP contribution in [0.15, 0.2) is 17.0 Å². The van der Waals surface area contributed by atoms with Gasteiger partial charge in [-0.2, -0.15) is 17.9 Å². The highest BCUT2D eigenvalue weighted by atomic mass is 35.5. The molecule has 0 bridgehead atoms. The second-order valence-electron chi connectivity index (χ2n) is 5.38. The smallest absolute Gasteiger partial charge is 0.404 e. The van der Waals surface area contributed by atoms with E-state index < -0.39 is 50.2 Å². The molecule has 12 heteroatoms. The zero-order chi connectivity index (χ0) is 19.8. The maximum atomic E-state index is 12.6. The van der Waals surface area contributed by atoms with Gasteiger partial charge in [0.2, 0.25) is 10.0 Å². The summed E-state index contributed by atoms with van der Waals surface area (Å²) >= 11 is 5.72. The van der Waals surface area contributed by atoms with Gasteiger partial charge in [-0.25, -0.2) is 8.42 Å². The van der Waals surface area contributed by atoms with Crippen molar-refractivity contribution in [2.24, 2.45) is 0 Å². The minimum Gasteiger partial charge on any atom is -0.404 e. The summed E-state index contributed by atoms with van der Waals surface area (Å²) in [4.78, 5) is -0.950. The lowest BCUT2D eigenvalue weighted by atomic mass is 10.0. The van der Waals surface area contributed by atoms with Crippen molar-refractivity contribution in [3.63, 3.8) is 0 Å². The Morgan fingerprint density at radius 3 is 2.00 bits per heavy atom. The lowest BCUT2D eigenvalue weighted by Gasteiger charge is -2.21. The molecule has 1 N–H and O–H groups in total. The monoisotopic (exact) mass is 413 g/mol. The molecule has 1 atom stereocenters. The molecule has 4 nitrogen and oxygen atoms in total. The van der Waals surface area contributed by atoms with Crippen molar-refractivity contribution in [3.8, 4) is 5.75 Å². The van der Waals surface area contributed by atoms with E-state index in [2.05, 4.69) is 4.74 Å². The van der Waals surface area contributed by atoms with Crippen LogP contribution in [0.5, 0.6) is 5.75 Å². The van der Waals surface area contributed by atoms with Crippen LogP contribution in [0.1, 0.15) is 32.3 Å². The minimum absolute atomic E-state index is 0.0508. The highest BCUT2D eigenvalue weighted by molar-refractivity contribution is 7.89. The van der Waals surface area contributed by atoms with E-state index in [4.69, 9.17) is 11.6 Å². The fourth-order valence-electron chi connectivity index (χ4n) is 1.80. The number of ether oxygens (including phenoxy) is 1. The van der Waals surface area contributed by atoms with E-state index in [1.54, 1.807) is 0 Å². The number of halogens is 7. The van der Waals surface area contributed by atoms with Crippen molar-refractivity contribution in [2.45, 2.75) is 50.2 Å². The number of benzene rings is 1. The van der Waals surface area contributed by atoms with Crippen LogP contribution in [0.4, 0.5) is 26.3 Å². The first-order chi connectivity index (χ1) is 11.1. The average Bonchev–Trinajstić information content (AvgIpc) is 2.37. The number of alkyl halides is 6. The Hall–Kier alpha value is -1.20. The summed E-state index contributed by atoms with van der Waals surface area (Å²) in [6.45, 7) is 3.56. The third-order valence-corrected chi connectivity index (χ3v) is 5.11. The quantitative estimate of drug-likeness (QED) is 0.718. The summed E-state index contributed by atoms with van der Waals surface area (Å²) in [5.41, 5.74) is -0.0508. The first kappa shape index (κ1) is 21.8. The summed E-state index contributed by atoms with van der Waals surface area (Å²) in [7, 11) is -4.84. The van der Waals surface area contributed by atoms with Gasteiger partial charge in [-0.1, -0.05) is 31.5 Å². The zero-order valence-corrected chi connectivity index (χ0v) is 14.7. The molecule has 0 amide bonds. The fourth-order valence-corrected chi connectivity index (χ4v) is 3.61. The third kappa shape index (κ3) is 5.65. The van der Waals surface area contributed by atoms with Crippen molar-refractivity contribution < 1.29 is 39.5 Å². The predicted octanol–water partition coefficient (Wildman–Crippen LogP) is 4.59. The summed E-state index contributed by atoms with van der Waals surface area (Å²) in [6, 6.07) is -0.637. The van der Waals surface area contributed by atoms with Gasteiger partial charge in [-0.3, -0.25) is 0 Å². The van der Waals surface area contributed by atoms with Crippen LogP contribution in [-0.4, -0.2) is 27.0 Å². The van der Waals surface area contributed by atoms with E-state index in [9.17, 15) is 34.8 Å². The van der Waals surface area contributed by atoms with Crippen LogP contribution in [0.25, 0.3) is 0 Å². The Kier molecular flexibility index (Phi) is 6.29. The van der Waals surface area contributed by atoms with Gasteiger partial charge in [0.1, 0.15) is 16.0 Å². The van der Waals surface area contributed by atoms with Gasteiger partial charge < -0.3 is 4.74 Å². The number of nitrogens with one attached hydrogen (secondary N) is 1. The van der Waals surface area contributed by atoms with Gasteiger partial charge >= 0.3 is 12.5 Å². The molecule has 0 unspecified atom stereocenters. The Labute approximate surface area is 145 Å². The Morgan fingerprint density at radius 2 is 1.60 bits per heavy atom. The SMILES string of the molecule is CC(C)c1ccc(S(=O)(=O)N[C@@H](C)C(F)(F)F)c(Cl)c1OC(F)(F)F. The first-order valence-electron chi connectivity index (χ1n) is 6.73. The molecule has 0 aliphatic heterocycles. The lowest BCUT2D eigenvalue weighted by Crippen LogP contribution is -2.43. The number of hydrogen-bond donors (Lipinski definition) is 1. The molecular weight excluding hydrogens is 400 g/mol. The molecule has 1 aromatic rings. The van der Waals surface area contributed by atoms with Crippen LogP contribution < -0.4 is 9.46 Å². The molecule has 0 aliphatic carbocycles. The highest BCUT2D eigenvalue weighted by Crippen LogP contribution is 2.41. The van der Waals surface area contributed by atoms with Crippen molar-refractivity contribution in [1.82, 2.24) is 4.72 Å². The van der Waals surface area contributed by atoms with Crippen LogP contribution in [-0.2, 0) is 10.0 Å². The van der Waals surface area contributed by atoms with Gasteiger partial charge in [0, 0.05) is 0 Å². The van der Waals surface area contributed by atoms with Crippen LogP contribution >= 0.6 is 11.6 Å². The lowest BCUT2D eigenvalue weighted by molar-refractivity contribution is -0.275. The van der Waals surface area contributed by atoms with E-state index in [1.807, 2.05) is 0 Å². The largest absolute Gasteiger partial charge is 0.573 e. The highest BCUT2D eigenvalue weighted by Gasteiger charge is 2.40. The number of rotatable bonds is 5. The summed E-state index contributed by atoms with van der Waals surface area (Å²) < 4.78 is 105. The van der Waals surface area contributed by atoms with Gasteiger partial charge in [0.25, 0.3) is 0 Å². The second kappa shape index (κ2) is 7.20. The van der Waals surface area contributed by atoms with Gasteiger partial charge in [0.05, 0.1) is 0 Å². The third-order valence-electron chi connectivity index (χ3n) is 3.04. The van der Waals surface area contributed by atoms with Crippen LogP contribution in [0.3, 0.4) is 0 Å². The average molecular weight is 414 g/mol. The maximum Gasteiger partial charge on any atom is 0.573 e. The molecule has 0 radical (unpaired) electrons. The molecule has 25 heavy (non-hydrogen) atoms. The molecular formula is C13H14ClF6NO3S. The Morgan fingerprint density at radius 1 is 1.08 bits per heavy atom. The predicted molar refractivity (Wildman–Crippen MR) is 78.1 cm³/mol. The molecule has 144 valence electrons. The second-order valence-corrected chi connectivity index (χ2v) is 7.44. The fraction of sp³-hybridized carbons (Fsp3) is 0.538. The molecule has 0 fully saturated rings. The van der Waals surface area contributed by atoms with E-state index in [0.717, 1.165) is 12.1 Å². The summed E-state index contributed by atoms with van der Waals surface area (Å²) in [5.74, 6) is -1.49. The van der Waals surface area contributed by atoms with E-state index >= 15 is 0 Å². The normalized spacial score (nSPS) is 14.7. The van der Waals surface area contributed by atoms with Crippen molar-refractivity contribution in [1.29, 1.82) is 0 Å². The van der Waals surface area contributed by atoms with Crippen molar-refractivity contribution in [3.05, 3.63) is 22.7 Å². The van der Waals surface area contributed by atoms with Crippen LogP contribution in [0, 0.1) is 0 Å². The summed E-state index contributed by atoms with van der Waals surface area (Å²) in [5, 5.41) is -0.953. The minimum atomic E-state index is -5.16. The van der Waals surface area contributed by atoms with Crippen molar-refractivity contribution in [2.75, 3.05) is 0 Å². The summed E-state index contributed by atoms with van der Waals surface area (Å²) in [6.07, 6.45) is -10.1. The maximum absolute atomic E-state index is 12.6.